The van der Waals surface area contributed by atoms with Crippen molar-refractivity contribution in [2.45, 2.75) is 23.6 Å². The lowest BCUT2D eigenvalue weighted by molar-refractivity contribution is -0.121. The Balaban J connectivity index is 0.00000220. The number of carbonyl (C=O) groups is 1. The molecular weight excluding hydrogens is 334 g/mol. The van der Waals surface area contributed by atoms with Crippen molar-refractivity contribution in [1.29, 1.82) is 0 Å². The van der Waals surface area contributed by atoms with E-state index in [2.05, 4.69) is 22.3 Å². The Kier molecular flexibility index (Phi) is 7.08. The quantitative estimate of drug-likeness (QED) is 0.722. The van der Waals surface area contributed by atoms with Gasteiger partial charge in [-0.05, 0) is 36.9 Å². The SMILES string of the molecule is CC1CNCCC1NC(=O)CNS(=O)(=O)c1cccs1.Cl. The Morgan fingerprint density at radius 1 is 1.52 bits per heavy atom. The molecule has 2 atom stereocenters. The third kappa shape index (κ3) is 5.23. The molecule has 1 aromatic rings. The van der Waals surface area contributed by atoms with Crippen molar-refractivity contribution in [2.75, 3.05) is 19.6 Å². The van der Waals surface area contributed by atoms with E-state index < -0.39 is 10.0 Å². The van der Waals surface area contributed by atoms with E-state index in [1.54, 1.807) is 11.4 Å². The minimum absolute atomic E-state index is 0. The summed E-state index contributed by atoms with van der Waals surface area (Å²) in [4.78, 5) is 11.8. The molecule has 6 nitrogen and oxygen atoms in total. The first-order valence-corrected chi connectivity index (χ1v) is 8.88. The van der Waals surface area contributed by atoms with Crippen molar-refractivity contribution >= 4 is 39.7 Å². The second-order valence-electron chi connectivity index (χ2n) is 4.90. The Hall–Kier alpha value is -0.670. The van der Waals surface area contributed by atoms with Crippen LogP contribution in [0, 0.1) is 5.92 Å². The monoisotopic (exact) mass is 353 g/mol. The van der Waals surface area contributed by atoms with Gasteiger partial charge in [-0.3, -0.25) is 4.79 Å². The number of hydrogen-bond donors (Lipinski definition) is 3. The molecule has 9 heteroatoms. The highest BCUT2D eigenvalue weighted by atomic mass is 35.5. The second-order valence-corrected chi connectivity index (χ2v) is 7.84. The van der Waals surface area contributed by atoms with Gasteiger partial charge in [0.15, 0.2) is 0 Å². The number of amides is 1. The number of thiophene rings is 1. The molecule has 21 heavy (non-hydrogen) atoms. The molecule has 1 aromatic heterocycles. The normalized spacial score (nSPS) is 22.3. The van der Waals surface area contributed by atoms with Crippen LogP contribution in [0.1, 0.15) is 13.3 Å². The number of rotatable bonds is 5. The number of halogens is 1. The summed E-state index contributed by atoms with van der Waals surface area (Å²) in [7, 11) is -3.57. The molecule has 0 aromatic carbocycles. The average Bonchev–Trinajstić information content (AvgIpc) is 2.94. The minimum Gasteiger partial charge on any atom is -0.352 e. The first-order chi connectivity index (χ1) is 9.49. The van der Waals surface area contributed by atoms with E-state index in [9.17, 15) is 13.2 Å². The number of piperidine rings is 1. The van der Waals surface area contributed by atoms with Crippen molar-refractivity contribution in [3.8, 4) is 0 Å². The zero-order valence-corrected chi connectivity index (χ0v) is 14.1. The van der Waals surface area contributed by atoms with Gasteiger partial charge in [-0.25, -0.2) is 13.1 Å². The maximum atomic E-state index is 11.9. The van der Waals surface area contributed by atoms with Crippen LogP contribution in [0.5, 0.6) is 0 Å². The predicted octanol–water partition coefficient (Wildman–Crippen LogP) is 0.562. The lowest BCUT2D eigenvalue weighted by atomic mass is 9.95. The fraction of sp³-hybridized carbons (Fsp3) is 0.583. The van der Waals surface area contributed by atoms with E-state index in [1.165, 1.54) is 6.07 Å². The Morgan fingerprint density at radius 3 is 2.90 bits per heavy atom. The summed E-state index contributed by atoms with van der Waals surface area (Å²) >= 11 is 1.13. The summed E-state index contributed by atoms with van der Waals surface area (Å²) in [5, 5.41) is 7.82. The lowest BCUT2D eigenvalue weighted by Gasteiger charge is -2.30. The van der Waals surface area contributed by atoms with Crippen LogP contribution in [-0.4, -0.2) is 40.0 Å². The van der Waals surface area contributed by atoms with E-state index in [4.69, 9.17) is 0 Å². The van der Waals surface area contributed by atoms with Gasteiger partial charge >= 0.3 is 0 Å². The molecule has 1 fully saturated rings. The standard InChI is InChI=1S/C12H19N3O3S2.ClH/c1-9-7-13-5-4-10(9)15-11(16)8-14-20(17,18)12-3-2-6-19-12;/h2-3,6,9-10,13-14H,4-5,7-8H2,1H3,(H,15,16);1H. The van der Waals surface area contributed by atoms with Gasteiger partial charge in [-0.2, -0.15) is 0 Å². The van der Waals surface area contributed by atoms with E-state index in [1.807, 2.05) is 0 Å². The number of carbonyl (C=O) groups excluding carboxylic acids is 1. The molecule has 0 aliphatic carbocycles. The van der Waals surface area contributed by atoms with Crippen molar-refractivity contribution in [3.63, 3.8) is 0 Å². The Bertz CT molecular complexity index is 548. The van der Waals surface area contributed by atoms with Gasteiger partial charge in [0.2, 0.25) is 5.91 Å². The fourth-order valence-corrected chi connectivity index (χ4v) is 4.15. The van der Waals surface area contributed by atoms with Gasteiger partial charge < -0.3 is 10.6 Å². The van der Waals surface area contributed by atoms with Gasteiger partial charge in [0.05, 0.1) is 6.54 Å². The van der Waals surface area contributed by atoms with Crippen molar-refractivity contribution < 1.29 is 13.2 Å². The highest BCUT2D eigenvalue weighted by Crippen LogP contribution is 2.15. The number of nitrogens with one attached hydrogen (secondary N) is 3. The fourth-order valence-electron chi connectivity index (χ4n) is 2.13. The summed E-state index contributed by atoms with van der Waals surface area (Å²) in [5.41, 5.74) is 0. The van der Waals surface area contributed by atoms with Crippen LogP contribution < -0.4 is 15.4 Å². The molecule has 1 amide bonds. The molecular formula is C12H20ClN3O3S2. The number of hydrogen-bond acceptors (Lipinski definition) is 5. The Labute approximate surface area is 135 Å². The molecule has 0 spiro atoms. The summed E-state index contributed by atoms with van der Waals surface area (Å²) < 4.78 is 26.3. The van der Waals surface area contributed by atoms with Crippen LogP contribution in [0.3, 0.4) is 0 Å². The molecule has 2 heterocycles. The molecule has 0 bridgehead atoms. The summed E-state index contributed by atoms with van der Waals surface area (Å²) in [6, 6.07) is 3.28. The zero-order chi connectivity index (χ0) is 14.6. The zero-order valence-electron chi connectivity index (χ0n) is 11.7. The molecule has 0 saturated carbocycles. The molecule has 1 saturated heterocycles. The molecule has 1 aliphatic heterocycles. The van der Waals surface area contributed by atoms with Gasteiger partial charge in [0.1, 0.15) is 4.21 Å². The first-order valence-electron chi connectivity index (χ1n) is 6.52. The van der Waals surface area contributed by atoms with E-state index >= 15 is 0 Å². The third-order valence-corrected chi connectivity index (χ3v) is 6.11. The first kappa shape index (κ1) is 18.4. The molecule has 2 unspecified atom stereocenters. The van der Waals surface area contributed by atoms with Gasteiger partial charge in [-0.15, -0.1) is 23.7 Å². The Morgan fingerprint density at radius 2 is 2.29 bits per heavy atom. The van der Waals surface area contributed by atoms with Gasteiger partial charge in [0, 0.05) is 6.04 Å². The molecule has 0 radical (unpaired) electrons. The van der Waals surface area contributed by atoms with Crippen LogP contribution in [-0.2, 0) is 14.8 Å². The minimum atomic E-state index is -3.57. The maximum absolute atomic E-state index is 11.9. The maximum Gasteiger partial charge on any atom is 0.250 e. The van der Waals surface area contributed by atoms with Crippen LogP contribution in [0.4, 0.5) is 0 Å². The highest BCUT2D eigenvalue weighted by Gasteiger charge is 2.23. The van der Waals surface area contributed by atoms with Crippen LogP contribution >= 0.6 is 23.7 Å². The van der Waals surface area contributed by atoms with Crippen LogP contribution in [0.15, 0.2) is 21.7 Å². The van der Waals surface area contributed by atoms with Gasteiger partial charge in [0.25, 0.3) is 10.0 Å². The van der Waals surface area contributed by atoms with Crippen molar-refractivity contribution in [3.05, 3.63) is 17.5 Å². The van der Waals surface area contributed by atoms with Crippen molar-refractivity contribution in [1.82, 2.24) is 15.4 Å². The van der Waals surface area contributed by atoms with Crippen LogP contribution in [0.2, 0.25) is 0 Å². The van der Waals surface area contributed by atoms with E-state index in [0.717, 1.165) is 30.8 Å². The highest BCUT2D eigenvalue weighted by molar-refractivity contribution is 7.91. The summed E-state index contributed by atoms with van der Waals surface area (Å²) in [6.07, 6.45) is 0.866. The smallest absolute Gasteiger partial charge is 0.250 e. The third-order valence-electron chi connectivity index (χ3n) is 3.31. The summed E-state index contributed by atoms with van der Waals surface area (Å²) in [5.74, 6) is 0.0606. The predicted molar refractivity (Wildman–Crippen MR) is 85.3 cm³/mol. The van der Waals surface area contributed by atoms with Crippen LogP contribution in [0.25, 0.3) is 0 Å². The summed E-state index contributed by atoms with van der Waals surface area (Å²) in [6.45, 7) is 3.58. The molecule has 2 rings (SSSR count). The van der Waals surface area contributed by atoms with E-state index in [0.29, 0.717) is 5.92 Å². The molecule has 120 valence electrons. The van der Waals surface area contributed by atoms with Crippen molar-refractivity contribution in [2.24, 2.45) is 5.92 Å². The van der Waals surface area contributed by atoms with Gasteiger partial charge in [-0.1, -0.05) is 13.0 Å². The molecule has 3 N–H and O–H groups in total. The lowest BCUT2D eigenvalue weighted by Crippen LogP contribution is -2.50. The number of sulfonamides is 1. The molecule has 1 aliphatic rings. The average molecular weight is 354 g/mol. The van der Waals surface area contributed by atoms with E-state index in [-0.39, 0.29) is 35.1 Å². The second kappa shape index (κ2) is 8.09. The largest absolute Gasteiger partial charge is 0.352 e. The topological polar surface area (TPSA) is 87.3 Å².